The number of aryl methyl sites for hydroxylation is 1. The standard InChI is InChI=1S/C22H26N4O2/c1-15-20(17-3-4-18-16(13-17)5-9-23-18)25-19(14-27)21(24-15)26-10-7-22(8-11-26)6-2-12-28-22/h3-5,9,13,23,27H,2,6-8,10-12,14H2,1H3. The summed E-state index contributed by atoms with van der Waals surface area (Å²) in [6.07, 6.45) is 6.31. The van der Waals surface area contributed by atoms with Gasteiger partial charge in [-0.05, 0) is 50.8 Å². The van der Waals surface area contributed by atoms with Gasteiger partial charge < -0.3 is 19.7 Å². The van der Waals surface area contributed by atoms with E-state index in [-0.39, 0.29) is 12.2 Å². The van der Waals surface area contributed by atoms with E-state index in [9.17, 15) is 5.11 Å². The molecule has 146 valence electrons. The Hall–Kier alpha value is -2.44. The first-order valence-corrected chi connectivity index (χ1v) is 10.1. The minimum Gasteiger partial charge on any atom is -0.390 e. The van der Waals surface area contributed by atoms with Crippen molar-refractivity contribution in [1.29, 1.82) is 0 Å². The molecule has 6 heteroatoms. The Morgan fingerprint density at radius 1 is 1.18 bits per heavy atom. The molecule has 5 rings (SSSR count). The van der Waals surface area contributed by atoms with Crippen LogP contribution in [0.4, 0.5) is 5.82 Å². The molecule has 0 atom stereocenters. The molecule has 6 nitrogen and oxygen atoms in total. The van der Waals surface area contributed by atoms with Crippen molar-refractivity contribution < 1.29 is 9.84 Å². The summed E-state index contributed by atoms with van der Waals surface area (Å²) in [5.41, 5.74) is 4.57. The van der Waals surface area contributed by atoms with Gasteiger partial charge in [0.25, 0.3) is 0 Å². The van der Waals surface area contributed by atoms with Crippen molar-refractivity contribution in [3.8, 4) is 11.3 Å². The second-order valence-corrected chi connectivity index (χ2v) is 7.99. The van der Waals surface area contributed by atoms with Crippen molar-refractivity contribution in [3.05, 3.63) is 41.9 Å². The second-order valence-electron chi connectivity index (χ2n) is 7.99. The van der Waals surface area contributed by atoms with Crippen LogP contribution < -0.4 is 4.90 Å². The number of hydrogen-bond donors (Lipinski definition) is 2. The molecular formula is C22H26N4O2. The van der Waals surface area contributed by atoms with Crippen LogP contribution in [0.5, 0.6) is 0 Å². The Kier molecular flexibility index (Phi) is 4.33. The SMILES string of the molecule is Cc1nc(N2CCC3(CCCO3)CC2)c(CO)nc1-c1ccc2[nH]ccc2c1. The van der Waals surface area contributed by atoms with Gasteiger partial charge in [0.05, 0.1) is 23.6 Å². The Bertz CT molecular complexity index is 997. The minimum absolute atomic E-state index is 0.0737. The molecule has 1 aromatic carbocycles. The van der Waals surface area contributed by atoms with Gasteiger partial charge in [-0.2, -0.15) is 0 Å². The summed E-state index contributed by atoms with van der Waals surface area (Å²) in [5.74, 6) is 0.819. The van der Waals surface area contributed by atoms with Gasteiger partial charge in [-0.25, -0.2) is 9.97 Å². The van der Waals surface area contributed by atoms with Crippen LogP contribution in [0.1, 0.15) is 37.1 Å². The molecule has 2 saturated heterocycles. The molecule has 2 aliphatic rings. The first kappa shape index (κ1) is 17.6. The van der Waals surface area contributed by atoms with Crippen LogP contribution in [0.15, 0.2) is 30.5 Å². The second kappa shape index (κ2) is 6.87. The number of anilines is 1. The third kappa shape index (κ3) is 2.97. The zero-order valence-electron chi connectivity index (χ0n) is 16.2. The zero-order valence-corrected chi connectivity index (χ0v) is 16.2. The molecule has 4 heterocycles. The highest BCUT2D eigenvalue weighted by Crippen LogP contribution is 2.37. The largest absolute Gasteiger partial charge is 0.390 e. The fraction of sp³-hybridized carbons (Fsp3) is 0.455. The predicted octanol–water partition coefficient (Wildman–Crippen LogP) is 3.58. The number of hydrogen-bond acceptors (Lipinski definition) is 5. The number of H-pyrrole nitrogens is 1. The van der Waals surface area contributed by atoms with E-state index < -0.39 is 0 Å². The predicted molar refractivity (Wildman–Crippen MR) is 109 cm³/mol. The lowest BCUT2D eigenvalue weighted by molar-refractivity contribution is -0.0147. The van der Waals surface area contributed by atoms with E-state index in [2.05, 4.69) is 34.1 Å². The average molecular weight is 378 g/mol. The molecule has 0 unspecified atom stereocenters. The van der Waals surface area contributed by atoms with Crippen LogP contribution in [-0.4, -0.2) is 45.4 Å². The topological polar surface area (TPSA) is 74.3 Å². The van der Waals surface area contributed by atoms with E-state index in [1.807, 2.05) is 13.1 Å². The number of aliphatic hydroxyl groups is 1. The van der Waals surface area contributed by atoms with E-state index in [4.69, 9.17) is 14.7 Å². The molecule has 0 radical (unpaired) electrons. The lowest BCUT2D eigenvalue weighted by Crippen LogP contribution is -2.44. The normalized spacial score (nSPS) is 19.0. The van der Waals surface area contributed by atoms with Gasteiger partial charge in [-0.15, -0.1) is 0 Å². The number of rotatable bonds is 3. The van der Waals surface area contributed by atoms with Gasteiger partial charge in [-0.3, -0.25) is 0 Å². The van der Waals surface area contributed by atoms with Gasteiger partial charge in [0.1, 0.15) is 5.69 Å². The van der Waals surface area contributed by atoms with Gasteiger partial charge in [-0.1, -0.05) is 6.07 Å². The minimum atomic E-state index is -0.111. The molecule has 2 aromatic heterocycles. The fourth-order valence-corrected chi connectivity index (χ4v) is 4.65. The van der Waals surface area contributed by atoms with Crippen LogP contribution in [-0.2, 0) is 11.3 Å². The number of aromatic nitrogens is 3. The number of nitrogens with zero attached hydrogens (tertiary/aromatic N) is 3. The summed E-state index contributed by atoms with van der Waals surface area (Å²) in [6, 6.07) is 8.28. The third-order valence-corrected chi connectivity index (χ3v) is 6.26. The number of fused-ring (bicyclic) bond motifs is 1. The molecule has 1 spiro atoms. The molecular weight excluding hydrogens is 352 g/mol. The lowest BCUT2D eigenvalue weighted by Gasteiger charge is -2.39. The molecule has 2 fully saturated rings. The van der Waals surface area contributed by atoms with E-state index >= 15 is 0 Å². The van der Waals surface area contributed by atoms with E-state index in [1.54, 1.807) is 0 Å². The van der Waals surface area contributed by atoms with Crippen LogP contribution in [0.3, 0.4) is 0 Å². The highest BCUT2D eigenvalue weighted by atomic mass is 16.5. The number of aliphatic hydroxyl groups excluding tert-OH is 1. The maximum absolute atomic E-state index is 10.00. The highest BCUT2D eigenvalue weighted by Gasteiger charge is 2.39. The Labute approximate surface area is 164 Å². The van der Waals surface area contributed by atoms with Crippen molar-refractivity contribution in [1.82, 2.24) is 15.0 Å². The molecule has 0 saturated carbocycles. The zero-order chi connectivity index (χ0) is 19.1. The molecule has 0 amide bonds. The first-order valence-electron chi connectivity index (χ1n) is 10.1. The number of aromatic amines is 1. The van der Waals surface area contributed by atoms with Crippen LogP contribution in [0.2, 0.25) is 0 Å². The summed E-state index contributed by atoms with van der Waals surface area (Å²) in [4.78, 5) is 15.2. The van der Waals surface area contributed by atoms with Crippen molar-refractivity contribution in [3.63, 3.8) is 0 Å². The van der Waals surface area contributed by atoms with Gasteiger partial charge in [0.2, 0.25) is 0 Å². The van der Waals surface area contributed by atoms with Gasteiger partial charge >= 0.3 is 0 Å². The van der Waals surface area contributed by atoms with Crippen molar-refractivity contribution in [2.45, 2.75) is 44.8 Å². The number of benzene rings is 1. The quantitative estimate of drug-likeness (QED) is 0.729. The Balaban J connectivity index is 1.46. The molecule has 0 aliphatic carbocycles. The maximum Gasteiger partial charge on any atom is 0.153 e. The van der Waals surface area contributed by atoms with Crippen LogP contribution in [0.25, 0.3) is 22.2 Å². The van der Waals surface area contributed by atoms with Crippen LogP contribution in [0, 0.1) is 6.92 Å². The molecule has 3 aromatic rings. The molecule has 28 heavy (non-hydrogen) atoms. The third-order valence-electron chi connectivity index (χ3n) is 6.26. The van der Waals surface area contributed by atoms with Crippen LogP contribution >= 0.6 is 0 Å². The lowest BCUT2D eigenvalue weighted by atomic mass is 9.88. The number of piperidine rings is 1. The molecule has 2 aliphatic heterocycles. The van der Waals surface area contributed by atoms with E-state index in [1.165, 1.54) is 12.8 Å². The molecule has 2 N–H and O–H groups in total. The smallest absolute Gasteiger partial charge is 0.153 e. The van der Waals surface area contributed by atoms with Crippen molar-refractivity contribution in [2.24, 2.45) is 0 Å². The summed E-state index contributed by atoms with van der Waals surface area (Å²) < 4.78 is 6.04. The Morgan fingerprint density at radius 3 is 2.79 bits per heavy atom. The van der Waals surface area contributed by atoms with Gasteiger partial charge in [0.15, 0.2) is 5.82 Å². The summed E-state index contributed by atoms with van der Waals surface area (Å²) in [6.45, 7) is 4.58. The number of nitrogens with one attached hydrogen (secondary N) is 1. The highest BCUT2D eigenvalue weighted by molar-refractivity contribution is 5.84. The van der Waals surface area contributed by atoms with E-state index in [0.717, 1.165) is 66.2 Å². The molecule has 0 bridgehead atoms. The van der Waals surface area contributed by atoms with Crippen molar-refractivity contribution >= 4 is 16.7 Å². The summed E-state index contributed by atoms with van der Waals surface area (Å²) >= 11 is 0. The monoisotopic (exact) mass is 378 g/mol. The average Bonchev–Trinajstić information content (AvgIpc) is 3.37. The maximum atomic E-state index is 10.00. The van der Waals surface area contributed by atoms with E-state index in [0.29, 0.717) is 5.69 Å². The number of ether oxygens (including phenoxy) is 1. The fourth-order valence-electron chi connectivity index (χ4n) is 4.65. The Morgan fingerprint density at radius 2 is 2.04 bits per heavy atom. The summed E-state index contributed by atoms with van der Waals surface area (Å²) in [7, 11) is 0. The van der Waals surface area contributed by atoms with Crippen molar-refractivity contribution in [2.75, 3.05) is 24.6 Å². The van der Waals surface area contributed by atoms with Gasteiger partial charge in [0, 0.05) is 42.4 Å². The first-order chi connectivity index (χ1) is 13.7. The summed E-state index contributed by atoms with van der Waals surface area (Å²) in [5, 5.41) is 11.1.